The van der Waals surface area contributed by atoms with E-state index in [-0.39, 0.29) is 11.8 Å². The second kappa shape index (κ2) is 5.18. The second-order valence-electron chi connectivity index (χ2n) is 5.27. The fraction of sp³-hybridized carbons (Fsp3) is 0.500. The van der Waals surface area contributed by atoms with Gasteiger partial charge < -0.3 is 4.40 Å². The summed E-state index contributed by atoms with van der Waals surface area (Å²) in [5, 5.41) is 0. The summed E-state index contributed by atoms with van der Waals surface area (Å²) in [6.07, 6.45) is 6.29. The van der Waals surface area contributed by atoms with Crippen molar-refractivity contribution in [2.45, 2.75) is 38.8 Å². The molecule has 0 aromatic carbocycles. The van der Waals surface area contributed by atoms with E-state index in [4.69, 9.17) is 0 Å². The minimum absolute atomic E-state index is 0.181. The number of imidazole rings is 1. The van der Waals surface area contributed by atoms with Crippen LogP contribution in [-0.4, -0.2) is 33.9 Å². The van der Waals surface area contributed by atoms with Crippen molar-refractivity contribution in [1.29, 1.82) is 0 Å². The average molecular weight is 293 g/mol. The molecule has 1 aliphatic rings. The lowest BCUT2D eigenvalue weighted by Crippen LogP contribution is -2.34. The molecule has 0 N–H and O–H groups in total. The number of fused-ring (bicyclic) bond motifs is 1. The van der Waals surface area contributed by atoms with Crippen LogP contribution in [0.4, 0.5) is 0 Å². The summed E-state index contributed by atoms with van der Waals surface area (Å²) in [4.78, 5) is 4.32. The summed E-state index contributed by atoms with van der Waals surface area (Å²) >= 11 is 0. The van der Waals surface area contributed by atoms with E-state index in [9.17, 15) is 8.42 Å². The van der Waals surface area contributed by atoms with E-state index < -0.39 is 10.0 Å². The second-order valence-corrected chi connectivity index (χ2v) is 7.31. The summed E-state index contributed by atoms with van der Waals surface area (Å²) in [6, 6.07) is 5.96. The predicted molar refractivity (Wildman–Crippen MR) is 77.8 cm³/mol. The Morgan fingerprint density at radius 2 is 2.20 bits per heavy atom. The van der Waals surface area contributed by atoms with Gasteiger partial charge in [0.15, 0.2) is 0 Å². The SMILES string of the molecule is CCCS(=O)(=O)N(Cc1cnc2ccccn12)C1CC1. The molecule has 0 bridgehead atoms. The highest BCUT2D eigenvalue weighted by Crippen LogP contribution is 2.31. The number of nitrogens with zero attached hydrogens (tertiary/aromatic N) is 3. The molecule has 0 amide bonds. The van der Waals surface area contributed by atoms with Crippen LogP contribution in [0.1, 0.15) is 31.9 Å². The van der Waals surface area contributed by atoms with Gasteiger partial charge in [0.25, 0.3) is 0 Å². The van der Waals surface area contributed by atoms with Crippen molar-refractivity contribution in [3.8, 4) is 0 Å². The van der Waals surface area contributed by atoms with Crippen molar-refractivity contribution in [3.05, 3.63) is 36.3 Å². The highest BCUT2D eigenvalue weighted by Gasteiger charge is 2.37. The summed E-state index contributed by atoms with van der Waals surface area (Å²) in [6.45, 7) is 2.31. The molecular weight excluding hydrogens is 274 g/mol. The van der Waals surface area contributed by atoms with Crippen molar-refractivity contribution >= 4 is 15.7 Å². The molecule has 1 aliphatic carbocycles. The van der Waals surface area contributed by atoms with Crippen LogP contribution in [0.5, 0.6) is 0 Å². The number of aromatic nitrogens is 2. The van der Waals surface area contributed by atoms with Crippen LogP contribution in [0.25, 0.3) is 5.65 Å². The van der Waals surface area contributed by atoms with Gasteiger partial charge in [-0.1, -0.05) is 13.0 Å². The number of sulfonamides is 1. The van der Waals surface area contributed by atoms with Crippen molar-refractivity contribution < 1.29 is 8.42 Å². The Bertz CT molecular complexity index is 704. The van der Waals surface area contributed by atoms with Gasteiger partial charge in [-0.15, -0.1) is 0 Å². The first-order chi connectivity index (χ1) is 9.62. The minimum Gasteiger partial charge on any atom is -0.303 e. The third-order valence-electron chi connectivity index (χ3n) is 3.58. The van der Waals surface area contributed by atoms with Crippen LogP contribution in [-0.2, 0) is 16.6 Å². The quantitative estimate of drug-likeness (QED) is 0.819. The molecular formula is C14H19N3O2S. The molecule has 6 heteroatoms. The maximum absolute atomic E-state index is 12.4. The Labute approximate surface area is 119 Å². The molecule has 108 valence electrons. The van der Waals surface area contributed by atoms with E-state index >= 15 is 0 Å². The highest BCUT2D eigenvalue weighted by atomic mass is 32.2. The zero-order valence-corrected chi connectivity index (χ0v) is 12.4. The molecule has 2 aromatic rings. The molecule has 2 aromatic heterocycles. The average Bonchev–Trinajstić information content (AvgIpc) is 3.17. The zero-order chi connectivity index (χ0) is 14.2. The van der Waals surface area contributed by atoms with E-state index in [2.05, 4.69) is 4.98 Å². The Kier molecular flexibility index (Phi) is 3.52. The van der Waals surface area contributed by atoms with Crippen molar-refractivity contribution in [2.24, 2.45) is 0 Å². The lowest BCUT2D eigenvalue weighted by atomic mass is 10.4. The molecule has 0 unspecified atom stereocenters. The maximum Gasteiger partial charge on any atom is 0.214 e. The molecule has 3 rings (SSSR count). The van der Waals surface area contributed by atoms with Gasteiger partial charge in [-0.3, -0.25) is 0 Å². The third-order valence-corrected chi connectivity index (χ3v) is 5.65. The van der Waals surface area contributed by atoms with Crippen molar-refractivity contribution in [3.63, 3.8) is 0 Å². The standard InChI is InChI=1S/C14H19N3O2S/c1-2-9-20(18,19)17(12-6-7-12)11-13-10-15-14-5-3-4-8-16(13)14/h3-5,8,10,12H,2,6-7,9,11H2,1H3. The van der Waals surface area contributed by atoms with E-state index in [1.54, 1.807) is 10.5 Å². The first kappa shape index (κ1) is 13.6. The highest BCUT2D eigenvalue weighted by molar-refractivity contribution is 7.89. The van der Waals surface area contributed by atoms with E-state index in [0.717, 1.165) is 24.2 Å². The van der Waals surface area contributed by atoms with Gasteiger partial charge in [0.2, 0.25) is 10.0 Å². The van der Waals surface area contributed by atoms with Crippen molar-refractivity contribution in [2.75, 3.05) is 5.75 Å². The number of hydrogen-bond acceptors (Lipinski definition) is 3. The van der Waals surface area contributed by atoms with Crippen LogP contribution in [0.15, 0.2) is 30.6 Å². The Morgan fingerprint density at radius 3 is 2.90 bits per heavy atom. The minimum atomic E-state index is -3.16. The van der Waals surface area contributed by atoms with Gasteiger partial charge in [-0.05, 0) is 31.4 Å². The summed E-state index contributed by atoms with van der Waals surface area (Å²) in [7, 11) is -3.16. The van der Waals surface area contributed by atoms with Crippen LogP contribution >= 0.6 is 0 Å². The fourth-order valence-electron chi connectivity index (χ4n) is 2.45. The summed E-state index contributed by atoms with van der Waals surface area (Å²) < 4.78 is 28.4. The summed E-state index contributed by atoms with van der Waals surface area (Å²) in [5.41, 5.74) is 1.78. The number of pyridine rings is 1. The largest absolute Gasteiger partial charge is 0.303 e. The van der Waals surface area contributed by atoms with Gasteiger partial charge in [-0.25, -0.2) is 13.4 Å². The molecule has 1 saturated carbocycles. The predicted octanol–water partition coefficient (Wildman–Crippen LogP) is 2.04. The van der Waals surface area contributed by atoms with Crippen molar-refractivity contribution in [1.82, 2.24) is 13.7 Å². The normalized spacial score (nSPS) is 16.1. The Morgan fingerprint density at radius 1 is 1.40 bits per heavy atom. The maximum atomic E-state index is 12.4. The zero-order valence-electron chi connectivity index (χ0n) is 11.6. The topological polar surface area (TPSA) is 54.7 Å². The number of rotatable bonds is 6. The lowest BCUT2D eigenvalue weighted by molar-refractivity contribution is 0.393. The Balaban J connectivity index is 1.91. The smallest absolute Gasteiger partial charge is 0.214 e. The molecule has 20 heavy (non-hydrogen) atoms. The van der Waals surface area contributed by atoms with E-state index in [1.165, 1.54) is 0 Å². The molecule has 2 heterocycles. The molecule has 0 aliphatic heterocycles. The molecule has 0 atom stereocenters. The van der Waals surface area contributed by atoms with Crippen LogP contribution in [0, 0.1) is 0 Å². The van der Waals surface area contributed by atoms with Gasteiger partial charge in [-0.2, -0.15) is 4.31 Å². The third kappa shape index (κ3) is 2.58. The molecule has 0 radical (unpaired) electrons. The Hall–Kier alpha value is -1.40. The molecule has 5 nitrogen and oxygen atoms in total. The molecule has 1 fully saturated rings. The lowest BCUT2D eigenvalue weighted by Gasteiger charge is -2.21. The molecule has 0 spiro atoms. The first-order valence-corrected chi connectivity index (χ1v) is 8.63. The van der Waals surface area contributed by atoms with E-state index in [1.807, 2.05) is 35.7 Å². The molecule has 0 saturated heterocycles. The van der Waals surface area contributed by atoms with Crippen LogP contribution in [0.3, 0.4) is 0 Å². The van der Waals surface area contributed by atoms with Crippen LogP contribution in [0.2, 0.25) is 0 Å². The first-order valence-electron chi connectivity index (χ1n) is 7.02. The van der Waals surface area contributed by atoms with Crippen LogP contribution < -0.4 is 0 Å². The monoisotopic (exact) mass is 293 g/mol. The summed E-state index contributed by atoms with van der Waals surface area (Å²) in [5.74, 6) is 0.222. The van der Waals surface area contributed by atoms with Gasteiger partial charge in [0, 0.05) is 12.2 Å². The van der Waals surface area contributed by atoms with E-state index in [0.29, 0.717) is 13.0 Å². The van der Waals surface area contributed by atoms with Gasteiger partial charge in [0.05, 0.1) is 24.2 Å². The van der Waals surface area contributed by atoms with Gasteiger partial charge >= 0.3 is 0 Å². The number of hydrogen-bond donors (Lipinski definition) is 0. The fourth-order valence-corrected chi connectivity index (χ4v) is 4.20. The van der Waals surface area contributed by atoms with Gasteiger partial charge in [0.1, 0.15) is 5.65 Å².